The van der Waals surface area contributed by atoms with E-state index in [0.717, 1.165) is 12.3 Å². The minimum Gasteiger partial charge on any atom is -0.451 e. The minimum absolute atomic E-state index is 0.588. The maximum absolute atomic E-state index is 5.17. The summed E-state index contributed by atoms with van der Waals surface area (Å²) in [5, 5.41) is 2.96. The fraction of sp³-hybridized carbons (Fsp3) is 0.250. The average Bonchev–Trinajstić information content (AvgIpc) is 2.37. The Bertz CT molecular complexity index is 244. The van der Waals surface area contributed by atoms with E-state index >= 15 is 0 Å². The molecule has 1 rings (SSSR count). The molecule has 0 saturated carbocycles. The van der Waals surface area contributed by atoms with Crippen LogP contribution in [0.5, 0.6) is 0 Å². The SMILES string of the molecule is C#Cc1ccc(CNC)o1. The molecule has 0 amide bonds. The third-order valence-electron chi connectivity index (χ3n) is 1.15. The first-order valence-corrected chi connectivity index (χ1v) is 3.06. The molecule has 2 heteroatoms. The van der Waals surface area contributed by atoms with Crippen molar-refractivity contribution in [1.29, 1.82) is 0 Å². The van der Waals surface area contributed by atoms with Gasteiger partial charge in [0.15, 0.2) is 5.76 Å². The maximum Gasteiger partial charge on any atom is 0.176 e. The summed E-state index contributed by atoms with van der Waals surface area (Å²) in [6.07, 6.45) is 5.10. The number of nitrogens with one attached hydrogen (secondary N) is 1. The van der Waals surface area contributed by atoms with E-state index < -0.39 is 0 Å². The van der Waals surface area contributed by atoms with Crippen LogP contribution < -0.4 is 5.32 Å². The Hall–Kier alpha value is -1.20. The van der Waals surface area contributed by atoms with Gasteiger partial charge < -0.3 is 9.73 Å². The minimum atomic E-state index is 0.588. The first kappa shape index (κ1) is 6.91. The monoisotopic (exact) mass is 135 g/mol. The fourth-order valence-corrected chi connectivity index (χ4v) is 0.725. The van der Waals surface area contributed by atoms with Crippen molar-refractivity contribution < 1.29 is 4.42 Å². The van der Waals surface area contributed by atoms with Crippen molar-refractivity contribution in [2.24, 2.45) is 0 Å². The van der Waals surface area contributed by atoms with Crippen molar-refractivity contribution in [2.45, 2.75) is 6.54 Å². The van der Waals surface area contributed by atoms with Gasteiger partial charge in [-0.15, -0.1) is 6.42 Å². The first-order valence-electron chi connectivity index (χ1n) is 3.06. The molecule has 52 valence electrons. The van der Waals surface area contributed by atoms with Gasteiger partial charge in [-0.05, 0) is 25.1 Å². The predicted molar refractivity (Wildman–Crippen MR) is 39.4 cm³/mol. The molecule has 0 bridgehead atoms. The van der Waals surface area contributed by atoms with Gasteiger partial charge in [0.05, 0.1) is 6.54 Å². The van der Waals surface area contributed by atoms with Gasteiger partial charge in [0.2, 0.25) is 0 Å². The standard InChI is InChI=1S/C8H9NO/c1-3-7-4-5-8(10-7)6-9-2/h1,4-5,9H,6H2,2H3. The Balaban J connectivity index is 2.71. The zero-order valence-corrected chi connectivity index (χ0v) is 5.85. The van der Waals surface area contributed by atoms with Gasteiger partial charge in [-0.2, -0.15) is 0 Å². The van der Waals surface area contributed by atoms with E-state index in [0.29, 0.717) is 5.76 Å². The molecule has 2 nitrogen and oxygen atoms in total. The molecule has 1 N–H and O–H groups in total. The lowest BCUT2D eigenvalue weighted by molar-refractivity contribution is 0.486. The van der Waals surface area contributed by atoms with E-state index in [-0.39, 0.29) is 0 Å². The number of rotatable bonds is 2. The molecule has 0 unspecified atom stereocenters. The summed E-state index contributed by atoms with van der Waals surface area (Å²) in [5.74, 6) is 3.87. The largest absolute Gasteiger partial charge is 0.451 e. The molecule has 0 aliphatic carbocycles. The van der Waals surface area contributed by atoms with Crippen LogP contribution in [0, 0.1) is 12.3 Å². The third-order valence-corrected chi connectivity index (χ3v) is 1.15. The molecule has 10 heavy (non-hydrogen) atoms. The second kappa shape index (κ2) is 3.09. The van der Waals surface area contributed by atoms with Crippen LogP contribution in [-0.2, 0) is 6.54 Å². The Labute approximate surface area is 60.2 Å². The summed E-state index contributed by atoms with van der Waals surface area (Å²) in [6, 6.07) is 3.65. The third kappa shape index (κ3) is 1.40. The highest BCUT2D eigenvalue weighted by Crippen LogP contribution is 2.04. The molecule has 0 aliphatic rings. The molecule has 0 aromatic carbocycles. The van der Waals surface area contributed by atoms with E-state index in [1.807, 2.05) is 13.1 Å². The molecular weight excluding hydrogens is 126 g/mol. The number of terminal acetylenes is 1. The maximum atomic E-state index is 5.17. The Morgan fingerprint density at radius 1 is 1.70 bits per heavy atom. The normalized spacial score (nSPS) is 9.20. The van der Waals surface area contributed by atoms with Crippen molar-refractivity contribution in [2.75, 3.05) is 7.05 Å². The lowest BCUT2D eigenvalue weighted by atomic mass is 10.4. The van der Waals surface area contributed by atoms with Crippen LogP contribution in [0.2, 0.25) is 0 Å². The zero-order chi connectivity index (χ0) is 7.40. The second-order valence-corrected chi connectivity index (χ2v) is 1.94. The molecule has 0 spiro atoms. The van der Waals surface area contributed by atoms with Crippen LogP contribution in [0.15, 0.2) is 16.5 Å². The van der Waals surface area contributed by atoms with E-state index in [2.05, 4.69) is 11.2 Å². The second-order valence-electron chi connectivity index (χ2n) is 1.94. The summed E-state index contributed by atoms with van der Waals surface area (Å²) < 4.78 is 5.17. The van der Waals surface area contributed by atoms with Gasteiger partial charge in [0, 0.05) is 0 Å². The quantitative estimate of drug-likeness (QED) is 0.611. The van der Waals surface area contributed by atoms with Crippen LogP contribution in [0.25, 0.3) is 0 Å². The summed E-state index contributed by atoms with van der Waals surface area (Å²) >= 11 is 0. The van der Waals surface area contributed by atoms with Crippen LogP contribution >= 0.6 is 0 Å². The van der Waals surface area contributed by atoms with Crippen molar-refractivity contribution in [3.63, 3.8) is 0 Å². The molecule has 1 aromatic rings. The smallest absolute Gasteiger partial charge is 0.176 e. The highest BCUT2D eigenvalue weighted by molar-refractivity contribution is 5.22. The molecule has 1 aromatic heterocycles. The molecule has 0 radical (unpaired) electrons. The van der Waals surface area contributed by atoms with Gasteiger partial charge in [0.1, 0.15) is 5.76 Å². The average molecular weight is 135 g/mol. The van der Waals surface area contributed by atoms with E-state index in [4.69, 9.17) is 10.8 Å². The molecular formula is C8H9NO. The first-order chi connectivity index (χ1) is 4.86. The fourth-order valence-electron chi connectivity index (χ4n) is 0.725. The lowest BCUT2D eigenvalue weighted by Crippen LogP contribution is -2.03. The summed E-state index contributed by atoms with van der Waals surface area (Å²) in [7, 11) is 1.86. The molecule has 0 fully saturated rings. The van der Waals surface area contributed by atoms with Crippen LogP contribution in [0.1, 0.15) is 11.5 Å². The Kier molecular flexibility index (Phi) is 2.14. The lowest BCUT2D eigenvalue weighted by Gasteiger charge is -1.90. The highest BCUT2D eigenvalue weighted by atomic mass is 16.3. The zero-order valence-electron chi connectivity index (χ0n) is 5.85. The van der Waals surface area contributed by atoms with Crippen LogP contribution in [0.3, 0.4) is 0 Å². The number of hydrogen-bond donors (Lipinski definition) is 1. The van der Waals surface area contributed by atoms with Gasteiger partial charge in [-0.3, -0.25) is 0 Å². The summed E-state index contributed by atoms with van der Waals surface area (Å²) in [6.45, 7) is 0.724. The molecule has 0 saturated heterocycles. The van der Waals surface area contributed by atoms with Gasteiger partial charge in [0.25, 0.3) is 0 Å². The molecule has 1 heterocycles. The van der Waals surface area contributed by atoms with Crippen LogP contribution in [-0.4, -0.2) is 7.05 Å². The van der Waals surface area contributed by atoms with Crippen LogP contribution in [0.4, 0.5) is 0 Å². The van der Waals surface area contributed by atoms with Gasteiger partial charge in [-0.25, -0.2) is 0 Å². The Morgan fingerprint density at radius 3 is 3.00 bits per heavy atom. The summed E-state index contributed by atoms with van der Waals surface area (Å²) in [5.41, 5.74) is 0. The van der Waals surface area contributed by atoms with Crippen molar-refractivity contribution in [3.8, 4) is 12.3 Å². The van der Waals surface area contributed by atoms with Crippen molar-refractivity contribution in [1.82, 2.24) is 5.32 Å². The summed E-state index contributed by atoms with van der Waals surface area (Å²) in [4.78, 5) is 0. The van der Waals surface area contributed by atoms with Crippen molar-refractivity contribution >= 4 is 0 Å². The van der Waals surface area contributed by atoms with Crippen molar-refractivity contribution in [3.05, 3.63) is 23.7 Å². The Morgan fingerprint density at radius 2 is 2.50 bits per heavy atom. The van der Waals surface area contributed by atoms with Gasteiger partial charge >= 0.3 is 0 Å². The molecule has 0 atom stereocenters. The molecule has 0 aliphatic heterocycles. The van der Waals surface area contributed by atoms with E-state index in [9.17, 15) is 0 Å². The van der Waals surface area contributed by atoms with Gasteiger partial charge in [-0.1, -0.05) is 0 Å². The van der Waals surface area contributed by atoms with E-state index in [1.165, 1.54) is 0 Å². The predicted octanol–water partition coefficient (Wildman–Crippen LogP) is 0.980. The number of furan rings is 1. The highest BCUT2D eigenvalue weighted by Gasteiger charge is 1.95. The topological polar surface area (TPSA) is 25.2 Å². The number of hydrogen-bond acceptors (Lipinski definition) is 2. The van der Waals surface area contributed by atoms with E-state index in [1.54, 1.807) is 6.07 Å².